The zero-order valence-electron chi connectivity index (χ0n) is 12.4. The standard InChI is InChI=1S/C14H22N2O4S/c1-12-11-15(2)7-8-16(12)21(18,19)14-5-3-13(4-6-14)20-10-9-17/h3-6,12,17H,7-11H2,1-2H3. The lowest BCUT2D eigenvalue weighted by atomic mass is 10.2. The highest BCUT2D eigenvalue weighted by Crippen LogP contribution is 2.23. The van der Waals surface area contributed by atoms with Crippen LogP contribution in [0, 0.1) is 0 Å². The minimum atomic E-state index is -3.47. The Morgan fingerprint density at radius 3 is 2.52 bits per heavy atom. The number of nitrogens with zero attached hydrogens (tertiary/aromatic N) is 2. The van der Waals surface area contributed by atoms with E-state index < -0.39 is 10.0 Å². The Bertz CT molecular complexity index is 559. The highest BCUT2D eigenvalue weighted by atomic mass is 32.2. The molecule has 1 aliphatic heterocycles. The van der Waals surface area contributed by atoms with Gasteiger partial charge < -0.3 is 14.7 Å². The first kappa shape index (κ1) is 16.2. The fourth-order valence-corrected chi connectivity index (χ4v) is 4.10. The second-order valence-electron chi connectivity index (χ2n) is 5.27. The molecule has 1 fully saturated rings. The molecule has 1 saturated heterocycles. The first-order valence-corrected chi connectivity index (χ1v) is 8.43. The summed E-state index contributed by atoms with van der Waals surface area (Å²) >= 11 is 0. The van der Waals surface area contributed by atoms with Crippen molar-refractivity contribution < 1.29 is 18.3 Å². The molecule has 0 radical (unpaired) electrons. The van der Waals surface area contributed by atoms with Gasteiger partial charge in [0.25, 0.3) is 0 Å². The second-order valence-corrected chi connectivity index (χ2v) is 7.16. The van der Waals surface area contributed by atoms with Crippen molar-refractivity contribution in [3.05, 3.63) is 24.3 Å². The van der Waals surface area contributed by atoms with E-state index in [1.807, 2.05) is 14.0 Å². The molecule has 21 heavy (non-hydrogen) atoms. The first-order chi connectivity index (χ1) is 9.95. The smallest absolute Gasteiger partial charge is 0.243 e. The molecule has 0 bridgehead atoms. The maximum Gasteiger partial charge on any atom is 0.243 e. The van der Waals surface area contributed by atoms with Gasteiger partial charge in [-0.25, -0.2) is 8.42 Å². The van der Waals surface area contributed by atoms with Crippen molar-refractivity contribution in [1.29, 1.82) is 0 Å². The Morgan fingerprint density at radius 2 is 1.95 bits per heavy atom. The second kappa shape index (κ2) is 6.74. The molecule has 0 aromatic heterocycles. The van der Waals surface area contributed by atoms with Crippen LogP contribution in [0.15, 0.2) is 29.2 Å². The summed E-state index contributed by atoms with van der Waals surface area (Å²) in [5.41, 5.74) is 0. The third kappa shape index (κ3) is 3.74. The number of rotatable bonds is 5. The van der Waals surface area contributed by atoms with E-state index >= 15 is 0 Å². The fourth-order valence-electron chi connectivity index (χ4n) is 2.49. The monoisotopic (exact) mass is 314 g/mol. The Morgan fingerprint density at radius 1 is 1.29 bits per heavy atom. The molecule has 1 N–H and O–H groups in total. The van der Waals surface area contributed by atoms with E-state index in [1.165, 1.54) is 0 Å². The zero-order chi connectivity index (χ0) is 15.5. The van der Waals surface area contributed by atoms with E-state index in [4.69, 9.17) is 9.84 Å². The van der Waals surface area contributed by atoms with Gasteiger partial charge in [0.15, 0.2) is 0 Å². The topological polar surface area (TPSA) is 70.1 Å². The largest absolute Gasteiger partial charge is 0.491 e. The van der Waals surface area contributed by atoms with Gasteiger partial charge in [-0.05, 0) is 38.2 Å². The van der Waals surface area contributed by atoms with E-state index in [-0.39, 0.29) is 24.2 Å². The highest BCUT2D eigenvalue weighted by molar-refractivity contribution is 7.89. The quantitative estimate of drug-likeness (QED) is 0.851. The van der Waals surface area contributed by atoms with Gasteiger partial charge in [0.2, 0.25) is 10.0 Å². The van der Waals surface area contributed by atoms with Gasteiger partial charge in [0, 0.05) is 25.7 Å². The molecule has 0 spiro atoms. The number of hydrogen-bond acceptors (Lipinski definition) is 5. The molecule has 118 valence electrons. The summed E-state index contributed by atoms with van der Waals surface area (Å²) in [5, 5.41) is 8.70. The number of aliphatic hydroxyl groups is 1. The Kier molecular flexibility index (Phi) is 5.21. The number of hydrogen-bond donors (Lipinski definition) is 1. The normalized spacial score (nSPS) is 21.4. The Hall–Kier alpha value is -1.15. The van der Waals surface area contributed by atoms with E-state index in [0.29, 0.717) is 12.3 Å². The third-order valence-corrected chi connectivity index (χ3v) is 5.59. The highest BCUT2D eigenvalue weighted by Gasteiger charge is 2.32. The summed E-state index contributed by atoms with van der Waals surface area (Å²) in [7, 11) is -1.48. The predicted molar refractivity (Wildman–Crippen MR) is 79.9 cm³/mol. The maximum atomic E-state index is 12.7. The van der Waals surface area contributed by atoms with E-state index in [0.717, 1.165) is 13.1 Å². The third-order valence-electron chi connectivity index (χ3n) is 3.56. The molecule has 2 rings (SSSR count). The number of aliphatic hydroxyl groups excluding tert-OH is 1. The van der Waals surface area contributed by atoms with Crippen molar-refractivity contribution in [3.8, 4) is 5.75 Å². The van der Waals surface area contributed by atoms with E-state index in [2.05, 4.69) is 4.90 Å². The minimum Gasteiger partial charge on any atom is -0.491 e. The van der Waals surface area contributed by atoms with Crippen LogP contribution in [-0.2, 0) is 10.0 Å². The molecule has 1 aromatic carbocycles. The Balaban J connectivity index is 2.15. The maximum absolute atomic E-state index is 12.7. The van der Waals surface area contributed by atoms with Gasteiger partial charge in [-0.2, -0.15) is 4.31 Å². The molecule has 6 nitrogen and oxygen atoms in total. The van der Waals surface area contributed by atoms with Crippen molar-refractivity contribution >= 4 is 10.0 Å². The molecular weight excluding hydrogens is 292 g/mol. The summed E-state index contributed by atoms with van der Waals surface area (Å²) in [6.45, 7) is 4.02. The molecule has 1 atom stereocenters. The number of likely N-dealkylation sites (N-methyl/N-ethyl adjacent to an activating group) is 1. The van der Waals surface area contributed by atoms with Crippen molar-refractivity contribution in [3.63, 3.8) is 0 Å². The number of sulfonamides is 1. The molecule has 1 heterocycles. The minimum absolute atomic E-state index is 0.0425. The number of piperazine rings is 1. The van der Waals surface area contributed by atoms with Crippen LogP contribution < -0.4 is 4.74 Å². The van der Waals surface area contributed by atoms with Gasteiger partial charge in [-0.1, -0.05) is 0 Å². The molecule has 1 aliphatic rings. The Labute approximate surface area is 126 Å². The van der Waals surface area contributed by atoms with Gasteiger partial charge in [-0.15, -0.1) is 0 Å². The fraction of sp³-hybridized carbons (Fsp3) is 0.571. The van der Waals surface area contributed by atoms with Gasteiger partial charge in [-0.3, -0.25) is 0 Å². The van der Waals surface area contributed by atoms with Crippen LogP contribution >= 0.6 is 0 Å². The van der Waals surface area contributed by atoms with Crippen molar-refractivity contribution in [2.75, 3.05) is 39.9 Å². The predicted octanol–water partition coefficient (Wildman–Crippen LogP) is 0.382. The lowest BCUT2D eigenvalue weighted by molar-refractivity contribution is 0.170. The average molecular weight is 314 g/mol. The lowest BCUT2D eigenvalue weighted by Gasteiger charge is -2.37. The molecular formula is C14H22N2O4S. The van der Waals surface area contributed by atoms with Gasteiger partial charge >= 0.3 is 0 Å². The summed E-state index contributed by atoms with van der Waals surface area (Å²) < 4.78 is 32.1. The SMILES string of the molecule is CC1CN(C)CCN1S(=O)(=O)c1ccc(OCCO)cc1. The molecule has 1 aromatic rings. The van der Waals surface area contributed by atoms with Crippen molar-refractivity contribution in [2.24, 2.45) is 0 Å². The molecule has 0 aliphatic carbocycles. The van der Waals surface area contributed by atoms with Crippen LogP contribution in [0.2, 0.25) is 0 Å². The first-order valence-electron chi connectivity index (χ1n) is 6.99. The molecule has 1 unspecified atom stereocenters. The summed E-state index contributed by atoms with van der Waals surface area (Å²) in [5.74, 6) is 0.550. The number of benzene rings is 1. The van der Waals surface area contributed by atoms with Crippen LogP contribution in [0.5, 0.6) is 5.75 Å². The van der Waals surface area contributed by atoms with Crippen LogP contribution in [-0.4, -0.2) is 68.7 Å². The summed E-state index contributed by atoms with van der Waals surface area (Å²) in [6, 6.07) is 6.28. The average Bonchev–Trinajstić information content (AvgIpc) is 2.45. The molecule has 0 saturated carbocycles. The van der Waals surface area contributed by atoms with Gasteiger partial charge in [0.1, 0.15) is 12.4 Å². The van der Waals surface area contributed by atoms with Crippen molar-refractivity contribution in [2.45, 2.75) is 17.9 Å². The van der Waals surface area contributed by atoms with E-state index in [9.17, 15) is 8.42 Å². The van der Waals surface area contributed by atoms with Crippen molar-refractivity contribution in [1.82, 2.24) is 9.21 Å². The molecule has 0 amide bonds. The zero-order valence-corrected chi connectivity index (χ0v) is 13.2. The summed E-state index contributed by atoms with van der Waals surface area (Å²) in [4.78, 5) is 2.40. The molecule has 7 heteroatoms. The van der Waals surface area contributed by atoms with Gasteiger partial charge in [0.05, 0.1) is 11.5 Å². The number of ether oxygens (including phenoxy) is 1. The van der Waals surface area contributed by atoms with E-state index in [1.54, 1.807) is 28.6 Å². The van der Waals surface area contributed by atoms with Crippen LogP contribution in [0.3, 0.4) is 0 Å². The lowest BCUT2D eigenvalue weighted by Crippen LogP contribution is -2.52. The summed E-state index contributed by atoms with van der Waals surface area (Å²) in [6.07, 6.45) is 0. The van der Waals surface area contributed by atoms with Crippen LogP contribution in [0.4, 0.5) is 0 Å². The van der Waals surface area contributed by atoms with Crippen LogP contribution in [0.25, 0.3) is 0 Å². The van der Waals surface area contributed by atoms with Crippen LogP contribution in [0.1, 0.15) is 6.92 Å².